The van der Waals surface area contributed by atoms with Gasteiger partial charge in [0.15, 0.2) is 0 Å². The van der Waals surface area contributed by atoms with Crippen LogP contribution in [0.2, 0.25) is 0 Å². The van der Waals surface area contributed by atoms with Crippen LogP contribution in [0.4, 0.5) is 0 Å². The first-order valence-corrected chi connectivity index (χ1v) is 2.08. The van der Waals surface area contributed by atoms with Crippen LogP contribution in [0.15, 0.2) is 0 Å². The molecule has 0 amide bonds. The fraction of sp³-hybridized carbons (Fsp3) is 1.00. The Kier molecular flexibility index (Phi) is 40.3. The molecule has 0 atom stereocenters. The molecule has 0 unspecified atom stereocenters. The molecule has 0 aromatic rings. The third-order valence-corrected chi connectivity index (χ3v) is 0.827. The standard InChI is InChI=1S/C4H8O.3ClH.Cr/c1-2-4-5-3-1;;;;/h1-4H2;3*1H;/q;;;;+3/p-3. The fourth-order valence-electron chi connectivity index (χ4n) is 0.510. The molecule has 0 aliphatic carbocycles. The molecule has 1 fully saturated rings. The second-order valence-corrected chi connectivity index (χ2v) is 1.32. The largest absolute Gasteiger partial charge is 3.00 e. The minimum atomic E-state index is 0. The maximum Gasteiger partial charge on any atom is 3.00 e. The predicted molar refractivity (Wildman–Crippen MR) is 20.1 cm³/mol. The average molecular weight is 230 g/mol. The maximum atomic E-state index is 4.94. The summed E-state index contributed by atoms with van der Waals surface area (Å²) in [5.74, 6) is 0. The molecular weight excluding hydrogens is 222 g/mol. The van der Waals surface area contributed by atoms with Crippen LogP contribution >= 0.6 is 0 Å². The first kappa shape index (κ1) is 22.4. The van der Waals surface area contributed by atoms with Crippen molar-refractivity contribution in [2.75, 3.05) is 13.2 Å². The van der Waals surface area contributed by atoms with Gasteiger partial charge in [-0.2, -0.15) is 0 Å². The van der Waals surface area contributed by atoms with Gasteiger partial charge in [-0.25, -0.2) is 0 Å². The summed E-state index contributed by atoms with van der Waals surface area (Å²) in [6.45, 7) is 2.00. The molecule has 1 aliphatic rings. The Bertz CT molecular complexity index is 27.4. The second-order valence-electron chi connectivity index (χ2n) is 1.32. The quantitative estimate of drug-likeness (QED) is 0.402. The van der Waals surface area contributed by atoms with Gasteiger partial charge in [-0.3, -0.25) is 0 Å². The van der Waals surface area contributed by atoms with Crippen LogP contribution in [0.3, 0.4) is 0 Å². The molecule has 0 saturated carbocycles. The normalized spacial score (nSPS) is 13.3. The summed E-state index contributed by atoms with van der Waals surface area (Å²) in [6.07, 6.45) is 2.56. The Morgan fingerprint density at radius 1 is 0.778 bits per heavy atom. The van der Waals surface area contributed by atoms with Gasteiger partial charge in [0, 0.05) is 13.2 Å². The van der Waals surface area contributed by atoms with Gasteiger partial charge in [-0.05, 0) is 12.8 Å². The van der Waals surface area contributed by atoms with Gasteiger partial charge in [0.05, 0.1) is 0 Å². The number of ether oxygens (including phenoxy) is 1. The zero-order valence-electron chi connectivity index (χ0n) is 4.78. The van der Waals surface area contributed by atoms with E-state index in [-0.39, 0.29) is 54.6 Å². The Morgan fingerprint density at radius 2 is 1.11 bits per heavy atom. The van der Waals surface area contributed by atoms with E-state index in [9.17, 15) is 0 Å². The molecule has 1 saturated heterocycles. The molecule has 0 spiro atoms. The van der Waals surface area contributed by atoms with Gasteiger partial charge in [0.25, 0.3) is 0 Å². The van der Waals surface area contributed by atoms with Crippen molar-refractivity contribution in [3.8, 4) is 0 Å². The van der Waals surface area contributed by atoms with Gasteiger partial charge < -0.3 is 42.0 Å². The van der Waals surface area contributed by atoms with Crippen LogP contribution in [0.25, 0.3) is 0 Å². The van der Waals surface area contributed by atoms with E-state index in [1.165, 1.54) is 12.8 Å². The van der Waals surface area contributed by atoms with Gasteiger partial charge in [0.2, 0.25) is 0 Å². The molecule has 9 heavy (non-hydrogen) atoms. The molecule has 1 aliphatic heterocycles. The van der Waals surface area contributed by atoms with Gasteiger partial charge >= 0.3 is 17.4 Å². The molecule has 1 radical (unpaired) electrons. The third-order valence-electron chi connectivity index (χ3n) is 0.827. The average Bonchev–Trinajstić information content (AvgIpc) is 1.76. The third kappa shape index (κ3) is 12.5. The van der Waals surface area contributed by atoms with Crippen LogP contribution in [0, 0.1) is 0 Å². The summed E-state index contributed by atoms with van der Waals surface area (Å²) in [5.41, 5.74) is 0. The van der Waals surface area contributed by atoms with Crippen molar-refractivity contribution in [2.45, 2.75) is 12.8 Å². The van der Waals surface area contributed by atoms with E-state index in [1.807, 2.05) is 0 Å². The molecular formula is C4H8Cl3CrO. The number of hydrogen-bond acceptors (Lipinski definition) is 1. The van der Waals surface area contributed by atoms with Crippen LogP contribution in [-0.4, -0.2) is 13.2 Å². The minimum absolute atomic E-state index is 0. The van der Waals surface area contributed by atoms with Crippen LogP contribution < -0.4 is 37.2 Å². The van der Waals surface area contributed by atoms with Crippen molar-refractivity contribution in [1.29, 1.82) is 0 Å². The minimum Gasteiger partial charge on any atom is -1.00 e. The van der Waals surface area contributed by atoms with Crippen molar-refractivity contribution in [1.82, 2.24) is 0 Å². The molecule has 0 N–H and O–H groups in total. The number of halogens is 3. The molecule has 1 nitrogen and oxygen atoms in total. The van der Waals surface area contributed by atoms with Crippen molar-refractivity contribution in [3.05, 3.63) is 0 Å². The molecule has 57 valence electrons. The Hall–Kier alpha value is 1.36. The van der Waals surface area contributed by atoms with E-state index in [4.69, 9.17) is 4.74 Å². The summed E-state index contributed by atoms with van der Waals surface area (Å²) in [5, 5.41) is 0. The molecule has 0 bridgehead atoms. The van der Waals surface area contributed by atoms with Crippen LogP contribution in [-0.2, 0) is 22.1 Å². The van der Waals surface area contributed by atoms with E-state index in [2.05, 4.69) is 0 Å². The van der Waals surface area contributed by atoms with Crippen LogP contribution in [0.1, 0.15) is 12.8 Å². The summed E-state index contributed by atoms with van der Waals surface area (Å²) >= 11 is 0. The Labute approximate surface area is 85.3 Å². The molecule has 0 aromatic carbocycles. The van der Waals surface area contributed by atoms with Gasteiger partial charge in [-0.1, -0.05) is 0 Å². The smallest absolute Gasteiger partial charge is 1.00 e. The van der Waals surface area contributed by atoms with E-state index >= 15 is 0 Å². The monoisotopic (exact) mass is 229 g/mol. The summed E-state index contributed by atoms with van der Waals surface area (Å²) in [6, 6.07) is 0. The zero-order chi connectivity index (χ0) is 3.54. The number of hydrogen-bond donors (Lipinski definition) is 0. The molecule has 1 heterocycles. The number of rotatable bonds is 0. The van der Waals surface area contributed by atoms with E-state index in [1.54, 1.807) is 0 Å². The zero-order valence-corrected chi connectivity index (χ0v) is 8.32. The first-order chi connectivity index (χ1) is 2.50. The van der Waals surface area contributed by atoms with Crippen molar-refractivity contribution >= 4 is 0 Å². The SMILES string of the molecule is C1CCOC1.[Cl-].[Cl-].[Cl-].[Cr+3]. The summed E-state index contributed by atoms with van der Waals surface area (Å²) < 4.78 is 4.94. The van der Waals surface area contributed by atoms with E-state index < -0.39 is 0 Å². The maximum absolute atomic E-state index is 4.94. The van der Waals surface area contributed by atoms with Crippen molar-refractivity contribution < 1.29 is 59.3 Å². The van der Waals surface area contributed by atoms with Gasteiger partial charge in [-0.15, -0.1) is 0 Å². The van der Waals surface area contributed by atoms with E-state index in [0.717, 1.165) is 13.2 Å². The van der Waals surface area contributed by atoms with Crippen molar-refractivity contribution in [3.63, 3.8) is 0 Å². The fourth-order valence-corrected chi connectivity index (χ4v) is 0.510. The van der Waals surface area contributed by atoms with E-state index in [0.29, 0.717) is 0 Å². The van der Waals surface area contributed by atoms with Gasteiger partial charge in [0.1, 0.15) is 0 Å². The predicted octanol–water partition coefficient (Wildman–Crippen LogP) is -8.19. The molecule has 5 heteroatoms. The summed E-state index contributed by atoms with van der Waals surface area (Å²) in [4.78, 5) is 0. The topological polar surface area (TPSA) is 9.23 Å². The van der Waals surface area contributed by atoms with Crippen molar-refractivity contribution in [2.24, 2.45) is 0 Å². The molecule has 0 aromatic heterocycles. The molecule has 1 rings (SSSR count). The van der Waals surface area contributed by atoms with Crippen LogP contribution in [0.5, 0.6) is 0 Å². The summed E-state index contributed by atoms with van der Waals surface area (Å²) in [7, 11) is 0. The first-order valence-electron chi connectivity index (χ1n) is 2.08. The Morgan fingerprint density at radius 3 is 1.22 bits per heavy atom. The second kappa shape index (κ2) is 16.2. The Balaban J connectivity index is -0.0000000312.